The summed E-state index contributed by atoms with van der Waals surface area (Å²) in [5, 5.41) is 11.2. The molecule has 1 heterocycles. The molecular formula is C30H31FN2O4. The minimum absolute atomic E-state index is 0.00473. The second-order valence-corrected chi connectivity index (χ2v) is 9.50. The lowest BCUT2D eigenvalue weighted by Crippen LogP contribution is -2.32. The van der Waals surface area contributed by atoms with Gasteiger partial charge < -0.3 is 19.6 Å². The first-order chi connectivity index (χ1) is 17.7. The van der Waals surface area contributed by atoms with E-state index in [-0.39, 0.29) is 11.3 Å². The Morgan fingerprint density at radius 1 is 1.03 bits per heavy atom. The van der Waals surface area contributed by atoms with E-state index in [0.717, 1.165) is 17.7 Å². The van der Waals surface area contributed by atoms with Crippen LogP contribution in [0.4, 0.5) is 4.39 Å². The van der Waals surface area contributed by atoms with Crippen LogP contribution in [0.5, 0.6) is 5.75 Å². The molecule has 0 aliphatic carbocycles. The Hall–Kier alpha value is -3.97. The highest BCUT2D eigenvalue weighted by Crippen LogP contribution is 2.39. The number of hydrogen-bond donors (Lipinski definition) is 1. The van der Waals surface area contributed by atoms with E-state index in [0.29, 0.717) is 36.4 Å². The summed E-state index contributed by atoms with van der Waals surface area (Å²) in [6.07, 6.45) is 0.644. The molecule has 4 rings (SSSR count). The first-order valence-electron chi connectivity index (χ1n) is 12.2. The Morgan fingerprint density at radius 2 is 1.73 bits per heavy atom. The third-order valence-corrected chi connectivity index (χ3v) is 6.35. The van der Waals surface area contributed by atoms with Gasteiger partial charge in [0.1, 0.15) is 23.9 Å². The normalized spacial score (nSPS) is 17.0. The molecule has 0 saturated carbocycles. The topological polar surface area (TPSA) is 70.1 Å². The zero-order valence-electron chi connectivity index (χ0n) is 21.3. The Balaban J connectivity index is 1.62. The second-order valence-electron chi connectivity index (χ2n) is 9.50. The van der Waals surface area contributed by atoms with Crippen LogP contribution in [0, 0.1) is 12.7 Å². The van der Waals surface area contributed by atoms with Crippen LogP contribution in [-0.4, -0.2) is 53.8 Å². The van der Waals surface area contributed by atoms with Crippen molar-refractivity contribution in [3.8, 4) is 5.75 Å². The van der Waals surface area contributed by atoms with E-state index in [1.165, 1.54) is 17.0 Å². The van der Waals surface area contributed by atoms with Crippen molar-refractivity contribution in [2.45, 2.75) is 26.0 Å². The van der Waals surface area contributed by atoms with Crippen molar-refractivity contribution in [3.05, 3.63) is 106 Å². The van der Waals surface area contributed by atoms with Gasteiger partial charge in [-0.1, -0.05) is 42.0 Å². The molecule has 3 aromatic carbocycles. The fourth-order valence-electron chi connectivity index (χ4n) is 4.49. The molecule has 0 bridgehead atoms. The number of aliphatic hydroxyl groups is 1. The molecule has 1 amide bonds. The summed E-state index contributed by atoms with van der Waals surface area (Å²) in [6.45, 7) is 3.47. The number of amides is 1. The molecule has 1 N–H and O–H groups in total. The fourth-order valence-corrected chi connectivity index (χ4v) is 4.49. The monoisotopic (exact) mass is 502 g/mol. The van der Waals surface area contributed by atoms with Crippen LogP contribution in [0.2, 0.25) is 0 Å². The molecule has 37 heavy (non-hydrogen) atoms. The summed E-state index contributed by atoms with van der Waals surface area (Å²) in [6, 6.07) is 19.6. The third-order valence-electron chi connectivity index (χ3n) is 6.35. The van der Waals surface area contributed by atoms with Crippen molar-refractivity contribution < 1.29 is 23.8 Å². The van der Waals surface area contributed by atoms with Gasteiger partial charge in [-0.05, 0) is 81.5 Å². The minimum atomic E-state index is -0.806. The number of nitrogens with zero attached hydrogens (tertiary/aromatic N) is 2. The maximum Gasteiger partial charge on any atom is 0.295 e. The maximum atomic E-state index is 13.6. The van der Waals surface area contributed by atoms with Crippen molar-refractivity contribution >= 4 is 17.4 Å². The van der Waals surface area contributed by atoms with Crippen LogP contribution in [-0.2, 0) is 16.2 Å². The molecule has 1 atom stereocenters. The number of aryl methyl sites for hydroxylation is 1. The van der Waals surface area contributed by atoms with E-state index < -0.39 is 23.5 Å². The van der Waals surface area contributed by atoms with E-state index in [1.807, 2.05) is 50.2 Å². The molecule has 6 nitrogen and oxygen atoms in total. The zero-order chi connectivity index (χ0) is 26.5. The largest absolute Gasteiger partial charge is 0.507 e. The number of carbonyl (C=O) groups is 2. The van der Waals surface area contributed by atoms with Crippen LogP contribution in [0.15, 0.2) is 78.4 Å². The van der Waals surface area contributed by atoms with Gasteiger partial charge in [-0.2, -0.15) is 0 Å². The van der Waals surface area contributed by atoms with Crippen molar-refractivity contribution in [3.63, 3.8) is 0 Å². The van der Waals surface area contributed by atoms with Crippen LogP contribution < -0.4 is 4.74 Å². The Kier molecular flexibility index (Phi) is 8.04. The number of benzene rings is 3. The van der Waals surface area contributed by atoms with Crippen LogP contribution in [0.3, 0.4) is 0 Å². The van der Waals surface area contributed by atoms with Gasteiger partial charge in [0.2, 0.25) is 0 Å². The first-order valence-corrected chi connectivity index (χ1v) is 12.2. The average molecular weight is 503 g/mol. The lowest BCUT2D eigenvalue weighted by molar-refractivity contribution is -0.139. The van der Waals surface area contributed by atoms with Gasteiger partial charge in [0.25, 0.3) is 11.7 Å². The molecule has 0 aromatic heterocycles. The standard InChI is InChI=1S/C30H31FN2O4/c1-20-6-4-7-21(18-20)19-37-25-14-10-23(11-15-25)28(34)26-27(22-8-12-24(31)13-9-22)33(30(36)29(26)35)17-5-16-32(2)3/h4,6-15,18,27,34H,5,16-17,19H2,1-3H3/b28-26+/t27-/m1/s1. The van der Waals surface area contributed by atoms with Gasteiger partial charge in [-0.25, -0.2) is 4.39 Å². The summed E-state index contributed by atoms with van der Waals surface area (Å²) >= 11 is 0. The summed E-state index contributed by atoms with van der Waals surface area (Å²) < 4.78 is 19.5. The van der Waals surface area contributed by atoms with E-state index in [4.69, 9.17) is 4.74 Å². The molecule has 3 aromatic rings. The summed E-state index contributed by atoms with van der Waals surface area (Å²) in [5.74, 6) is -1.51. The van der Waals surface area contributed by atoms with E-state index in [2.05, 4.69) is 0 Å². The van der Waals surface area contributed by atoms with Crippen molar-refractivity contribution in [1.29, 1.82) is 0 Å². The molecule has 7 heteroatoms. The van der Waals surface area contributed by atoms with Gasteiger partial charge in [0, 0.05) is 12.1 Å². The number of rotatable bonds is 9. The van der Waals surface area contributed by atoms with Gasteiger partial charge in [0.05, 0.1) is 11.6 Å². The number of ether oxygens (including phenoxy) is 1. The Morgan fingerprint density at radius 3 is 2.38 bits per heavy atom. The molecule has 1 saturated heterocycles. The quantitative estimate of drug-likeness (QED) is 0.251. The SMILES string of the molecule is Cc1cccc(COc2ccc(/C(O)=C3\C(=O)C(=O)N(CCCN(C)C)[C@@H]3c3ccc(F)cc3)cc2)c1. The molecule has 0 radical (unpaired) electrons. The highest BCUT2D eigenvalue weighted by molar-refractivity contribution is 6.46. The molecule has 1 aliphatic rings. The van der Waals surface area contributed by atoms with Crippen LogP contribution in [0.25, 0.3) is 5.76 Å². The number of Topliss-reactive ketones (excluding diaryl/α,β-unsaturated/α-hetero) is 1. The molecule has 0 spiro atoms. The van der Waals surface area contributed by atoms with Gasteiger partial charge in [-0.3, -0.25) is 9.59 Å². The highest BCUT2D eigenvalue weighted by atomic mass is 19.1. The van der Waals surface area contributed by atoms with Gasteiger partial charge in [0.15, 0.2) is 0 Å². The number of halogens is 1. The number of ketones is 1. The Bertz CT molecular complexity index is 1300. The Labute approximate surface area is 216 Å². The molecule has 192 valence electrons. The molecule has 1 fully saturated rings. The van der Waals surface area contributed by atoms with Crippen molar-refractivity contribution in [2.24, 2.45) is 0 Å². The fraction of sp³-hybridized carbons (Fsp3) is 0.267. The van der Waals surface area contributed by atoms with Gasteiger partial charge >= 0.3 is 0 Å². The maximum absolute atomic E-state index is 13.6. The average Bonchev–Trinajstić information content (AvgIpc) is 3.13. The highest BCUT2D eigenvalue weighted by Gasteiger charge is 2.45. The van der Waals surface area contributed by atoms with E-state index >= 15 is 0 Å². The lowest BCUT2D eigenvalue weighted by atomic mass is 9.95. The summed E-state index contributed by atoms with van der Waals surface area (Å²) in [7, 11) is 3.86. The van der Waals surface area contributed by atoms with Crippen LogP contribution in [0.1, 0.15) is 34.7 Å². The zero-order valence-corrected chi connectivity index (χ0v) is 21.3. The third kappa shape index (κ3) is 6.06. The number of aliphatic hydroxyl groups excluding tert-OH is 1. The number of hydrogen-bond acceptors (Lipinski definition) is 5. The lowest BCUT2D eigenvalue weighted by Gasteiger charge is -2.26. The van der Waals surface area contributed by atoms with E-state index in [9.17, 15) is 19.1 Å². The minimum Gasteiger partial charge on any atom is -0.507 e. The first kappa shape index (κ1) is 26.1. The molecule has 1 aliphatic heterocycles. The molecule has 0 unspecified atom stereocenters. The van der Waals surface area contributed by atoms with Crippen molar-refractivity contribution in [2.75, 3.05) is 27.2 Å². The summed E-state index contributed by atoms with van der Waals surface area (Å²) in [5.41, 5.74) is 3.14. The number of carbonyl (C=O) groups excluding carboxylic acids is 2. The van der Waals surface area contributed by atoms with Crippen molar-refractivity contribution in [1.82, 2.24) is 9.80 Å². The predicted molar refractivity (Wildman–Crippen MR) is 141 cm³/mol. The second kappa shape index (κ2) is 11.4. The molecular weight excluding hydrogens is 471 g/mol. The van der Waals surface area contributed by atoms with Crippen LogP contribution >= 0.6 is 0 Å². The number of likely N-dealkylation sites (tertiary alicyclic amines) is 1. The smallest absolute Gasteiger partial charge is 0.295 e. The van der Waals surface area contributed by atoms with Gasteiger partial charge in [-0.15, -0.1) is 0 Å². The predicted octanol–water partition coefficient (Wildman–Crippen LogP) is 5.09. The van der Waals surface area contributed by atoms with E-state index in [1.54, 1.807) is 36.4 Å². The summed E-state index contributed by atoms with van der Waals surface area (Å²) in [4.78, 5) is 29.6.